The number of carbonyl (C=O) groups excluding carboxylic acids is 1. The van der Waals surface area contributed by atoms with Crippen LogP contribution in [0, 0.1) is 0 Å². The Kier molecular flexibility index (Phi) is 12.9. The number of ketones is 1. The number of hydrogen-bond donors (Lipinski definition) is 0. The van der Waals surface area contributed by atoms with Crippen molar-refractivity contribution >= 4 is 27.2 Å². The highest BCUT2D eigenvalue weighted by atomic mass is 32.1. The Morgan fingerprint density at radius 2 is 1.46 bits per heavy atom. The standard InChI is InChI=1S/C48H50N2O6S/c1-52-44-29-37(14-15-39(44)31-50-22-25-53-26-23-50)47(51)46-42-18-17-41(56-33-36-12-6-3-7-13-36)30-45(42)57-48(46)38-16-19-43(55-27-24-49-20-8-9-21-49)40(28-38)34-54-32-35-10-4-2-5-11-35/h2-7,10-19,28-30H,8-9,20-27,31-34H2,1H3. The summed E-state index contributed by atoms with van der Waals surface area (Å²) in [5.74, 6) is 2.21. The second-order valence-corrected chi connectivity index (χ2v) is 15.7. The molecule has 0 bridgehead atoms. The number of carbonyl (C=O) groups is 1. The molecule has 0 radical (unpaired) electrons. The van der Waals surface area contributed by atoms with Gasteiger partial charge in [-0.15, -0.1) is 11.3 Å². The zero-order chi connectivity index (χ0) is 38.8. The van der Waals surface area contributed by atoms with Crippen LogP contribution in [0.2, 0.25) is 0 Å². The summed E-state index contributed by atoms with van der Waals surface area (Å²) < 4.78 is 31.4. The topological polar surface area (TPSA) is 69.7 Å². The maximum atomic E-state index is 14.9. The van der Waals surface area contributed by atoms with Crippen molar-refractivity contribution in [3.63, 3.8) is 0 Å². The second-order valence-electron chi connectivity index (χ2n) is 14.7. The molecule has 0 unspecified atom stereocenters. The summed E-state index contributed by atoms with van der Waals surface area (Å²) >= 11 is 1.60. The molecule has 8 nitrogen and oxygen atoms in total. The summed E-state index contributed by atoms with van der Waals surface area (Å²) in [5, 5.41) is 0.885. The number of hydrogen-bond acceptors (Lipinski definition) is 9. The first-order valence-corrected chi connectivity index (χ1v) is 20.8. The van der Waals surface area contributed by atoms with E-state index >= 15 is 0 Å². The predicted molar refractivity (Wildman–Crippen MR) is 227 cm³/mol. The van der Waals surface area contributed by atoms with Crippen molar-refractivity contribution in [1.82, 2.24) is 9.80 Å². The Morgan fingerprint density at radius 1 is 0.702 bits per heavy atom. The molecule has 5 aromatic carbocycles. The molecule has 0 saturated carbocycles. The van der Waals surface area contributed by atoms with Crippen molar-refractivity contribution < 1.29 is 28.5 Å². The maximum absolute atomic E-state index is 14.9. The molecule has 1 aromatic heterocycles. The predicted octanol–water partition coefficient (Wildman–Crippen LogP) is 9.41. The Hall–Kier alpha value is -5.03. The molecule has 2 saturated heterocycles. The number of methoxy groups -OCH3 is 1. The first-order valence-electron chi connectivity index (χ1n) is 20.0. The van der Waals surface area contributed by atoms with Gasteiger partial charge in [0.2, 0.25) is 0 Å². The van der Waals surface area contributed by atoms with Gasteiger partial charge in [-0.05, 0) is 85.1 Å². The van der Waals surface area contributed by atoms with Crippen LogP contribution in [0.4, 0.5) is 0 Å². The lowest BCUT2D eigenvalue weighted by Gasteiger charge is -2.27. The molecule has 0 N–H and O–H groups in total. The SMILES string of the molecule is COc1cc(C(=O)c2c(-c3ccc(OCCN4CCCC4)c(COCc4ccccc4)c3)sc3cc(OCc4ccccc4)ccc23)ccc1CN1CCOCC1. The summed E-state index contributed by atoms with van der Waals surface area (Å²) in [6.07, 6.45) is 2.49. The normalized spacial score (nSPS) is 14.9. The highest BCUT2D eigenvalue weighted by Crippen LogP contribution is 2.43. The van der Waals surface area contributed by atoms with Crippen LogP contribution < -0.4 is 14.2 Å². The van der Waals surface area contributed by atoms with E-state index in [4.69, 9.17) is 23.7 Å². The van der Waals surface area contributed by atoms with E-state index in [1.165, 1.54) is 12.8 Å². The molecular formula is C48H50N2O6S. The molecule has 57 heavy (non-hydrogen) atoms. The number of thiophene rings is 1. The van der Waals surface area contributed by atoms with Crippen LogP contribution in [0.15, 0.2) is 115 Å². The minimum absolute atomic E-state index is 0.0572. The van der Waals surface area contributed by atoms with Gasteiger partial charge in [-0.2, -0.15) is 0 Å². The Balaban J connectivity index is 1.14. The van der Waals surface area contributed by atoms with E-state index in [1.807, 2.05) is 72.8 Å². The van der Waals surface area contributed by atoms with E-state index in [2.05, 4.69) is 52.3 Å². The average Bonchev–Trinajstić information content (AvgIpc) is 3.92. The van der Waals surface area contributed by atoms with Gasteiger partial charge in [0.15, 0.2) is 5.78 Å². The van der Waals surface area contributed by atoms with Crippen LogP contribution in [0.5, 0.6) is 17.2 Å². The first-order chi connectivity index (χ1) is 28.1. The molecule has 3 heterocycles. The van der Waals surface area contributed by atoms with Gasteiger partial charge in [0.1, 0.15) is 30.5 Å². The third-order valence-corrected chi connectivity index (χ3v) is 11.9. The fourth-order valence-electron chi connectivity index (χ4n) is 7.62. The van der Waals surface area contributed by atoms with Gasteiger partial charge >= 0.3 is 0 Å². The van der Waals surface area contributed by atoms with Gasteiger partial charge in [-0.1, -0.05) is 72.8 Å². The maximum Gasteiger partial charge on any atom is 0.195 e. The van der Waals surface area contributed by atoms with Crippen LogP contribution in [-0.2, 0) is 35.8 Å². The molecule has 2 fully saturated rings. The van der Waals surface area contributed by atoms with Gasteiger partial charge in [0, 0.05) is 63.4 Å². The third kappa shape index (κ3) is 9.75. The Labute approximate surface area is 339 Å². The van der Waals surface area contributed by atoms with Crippen molar-refractivity contribution in [2.24, 2.45) is 0 Å². The summed E-state index contributed by atoms with van der Waals surface area (Å²) in [4.78, 5) is 20.6. The minimum atomic E-state index is -0.0572. The molecule has 9 heteroatoms. The number of benzene rings is 5. The molecule has 6 aromatic rings. The smallest absolute Gasteiger partial charge is 0.195 e. The lowest BCUT2D eigenvalue weighted by Crippen LogP contribution is -2.35. The first kappa shape index (κ1) is 38.8. The number of fused-ring (bicyclic) bond motifs is 1. The molecule has 2 aliphatic heterocycles. The van der Waals surface area contributed by atoms with Crippen LogP contribution in [0.25, 0.3) is 20.5 Å². The Morgan fingerprint density at radius 3 is 2.21 bits per heavy atom. The Bertz CT molecular complexity index is 2250. The number of rotatable bonds is 17. The van der Waals surface area contributed by atoms with Gasteiger partial charge in [0.05, 0.1) is 33.5 Å². The molecule has 2 aliphatic rings. The number of ether oxygens (including phenoxy) is 5. The molecule has 294 valence electrons. The summed E-state index contributed by atoms with van der Waals surface area (Å²) in [5.41, 5.74) is 6.37. The van der Waals surface area contributed by atoms with Gasteiger partial charge in [-0.25, -0.2) is 0 Å². The quantitative estimate of drug-likeness (QED) is 0.0849. The van der Waals surface area contributed by atoms with Gasteiger partial charge in [0.25, 0.3) is 0 Å². The zero-order valence-corrected chi connectivity index (χ0v) is 33.4. The van der Waals surface area contributed by atoms with Crippen molar-refractivity contribution in [3.05, 3.63) is 149 Å². The lowest BCUT2D eigenvalue weighted by molar-refractivity contribution is 0.0339. The summed E-state index contributed by atoms with van der Waals surface area (Å²) in [6, 6.07) is 38.5. The van der Waals surface area contributed by atoms with Crippen LogP contribution in [0.3, 0.4) is 0 Å². The number of morpholine rings is 1. The largest absolute Gasteiger partial charge is 0.496 e. The zero-order valence-electron chi connectivity index (χ0n) is 32.6. The minimum Gasteiger partial charge on any atom is -0.496 e. The highest BCUT2D eigenvalue weighted by molar-refractivity contribution is 7.22. The van der Waals surface area contributed by atoms with Gasteiger partial charge in [-0.3, -0.25) is 14.6 Å². The molecule has 0 amide bonds. The van der Waals surface area contributed by atoms with E-state index in [9.17, 15) is 4.79 Å². The fourth-order valence-corrected chi connectivity index (χ4v) is 8.84. The average molecular weight is 783 g/mol. The van der Waals surface area contributed by atoms with E-state index in [-0.39, 0.29) is 5.78 Å². The van der Waals surface area contributed by atoms with Crippen molar-refractivity contribution in [2.45, 2.75) is 39.2 Å². The molecule has 0 aliphatic carbocycles. The molecule has 0 spiro atoms. The molecular weight excluding hydrogens is 733 g/mol. The molecule has 0 atom stereocenters. The summed E-state index contributed by atoms with van der Waals surface area (Å²) in [7, 11) is 1.67. The van der Waals surface area contributed by atoms with Crippen molar-refractivity contribution in [3.8, 4) is 27.7 Å². The van der Waals surface area contributed by atoms with E-state index < -0.39 is 0 Å². The number of likely N-dealkylation sites (tertiary alicyclic amines) is 1. The fraction of sp³-hybridized carbons (Fsp3) is 0.312. The second kappa shape index (κ2) is 18.9. The lowest BCUT2D eigenvalue weighted by atomic mass is 9.95. The highest BCUT2D eigenvalue weighted by Gasteiger charge is 2.25. The third-order valence-electron chi connectivity index (χ3n) is 10.7. The van der Waals surface area contributed by atoms with Gasteiger partial charge < -0.3 is 23.7 Å². The van der Waals surface area contributed by atoms with E-state index in [1.54, 1.807) is 18.4 Å². The monoisotopic (exact) mass is 782 g/mol. The van der Waals surface area contributed by atoms with E-state index in [0.717, 1.165) is 107 Å². The van der Waals surface area contributed by atoms with Crippen molar-refractivity contribution in [1.29, 1.82) is 0 Å². The molecule has 8 rings (SSSR count). The van der Waals surface area contributed by atoms with E-state index in [0.29, 0.717) is 43.3 Å². The van der Waals surface area contributed by atoms with Crippen LogP contribution in [0.1, 0.15) is 51.0 Å². The van der Waals surface area contributed by atoms with Crippen LogP contribution >= 0.6 is 11.3 Å². The number of nitrogens with zero attached hydrogens (tertiary/aromatic N) is 2. The summed E-state index contributed by atoms with van der Waals surface area (Å²) in [6.45, 7) is 8.97. The van der Waals surface area contributed by atoms with Crippen LogP contribution in [-0.4, -0.2) is 75.2 Å². The van der Waals surface area contributed by atoms with Crippen molar-refractivity contribution in [2.75, 3.05) is 59.7 Å².